The standard InChI is InChI=1S/C13H18ClN5O2/c1-8-16-13(21-17-8)10-4-9(20-3)6-19(10)7-12-15-5-11(14)18(12)2/h5,9-10H,4,6-7H2,1-3H3/t9-,10-/m1/s1. The number of ether oxygens (including phenoxy) is 1. The maximum atomic E-state index is 6.04. The summed E-state index contributed by atoms with van der Waals surface area (Å²) in [6, 6.07) is 0.0478. The number of halogens is 1. The summed E-state index contributed by atoms with van der Waals surface area (Å²) in [6.45, 7) is 3.28. The number of nitrogens with zero attached hydrogens (tertiary/aromatic N) is 5. The number of hydrogen-bond donors (Lipinski definition) is 0. The largest absolute Gasteiger partial charge is 0.380 e. The Labute approximate surface area is 127 Å². The first-order chi connectivity index (χ1) is 10.1. The summed E-state index contributed by atoms with van der Waals surface area (Å²) in [5.41, 5.74) is 0. The second-order valence-corrected chi connectivity index (χ2v) is 5.66. The molecular weight excluding hydrogens is 294 g/mol. The zero-order valence-corrected chi connectivity index (χ0v) is 13.0. The number of methoxy groups -OCH3 is 1. The van der Waals surface area contributed by atoms with Crippen molar-refractivity contribution in [2.75, 3.05) is 13.7 Å². The van der Waals surface area contributed by atoms with Crippen molar-refractivity contribution in [3.05, 3.63) is 28.9 Å². The molecule has 0 saturated carbocycles. The van der Waals surface area contributed by atoms with Crippen LogP contribution in [0.5, 0.6) is 0 Å². The molecule has 3 rings (SSSR count). The third-order valence-electron chi connectivity index (χ3n) is 3.90. The van der Waals surface area contributed by atoms with Crippen LogP contribution in [0.3, 0.4) is 0 Å². The molecule has 1 fully saturated rings. The van der Waals surface area contributed by atoms with Crippen LogP contribution in [0.25, 0.3) is 0 Å². The first-order valence-corrected chi connectivity index (χ1v) is 7.19. The zero-order valence-electron chi connectivity index (χ0n) is 12.3. The topological polar surface area (TPSA) is 69.2 Å². The highest BCUT2D eigenvalue weighted by atomic mass is 35.5. The average molecular weight is 312 g/mol. The van der Waals surface area contributed by atoms with E-state index in [0.29, 0.717) is 23.4 Å². The van der Waals surface area contributed by atoms with Crippen molar-refractivity contribution >= 4 is 11.6 Å². The van der Waals surface area contributed by atoms with Crippen molar-refractivity contribution in [2.45, 2.75) is 32.0 Å². The molecule has 0 bridgehead atoms. The molecule has 0 unspecified atom stereocenters. The van der Waals surface area contributed by atoms with Crippen molar-refractivity contribution in [2.24, 2.45) is 7.05 Å². The Kier molecular flexibility index (Phi) is 3.97. The third-order valence-corrected chi connectivity index (χ3v) is 4.25. The van der Waals surface area contributed by atoms with Gasteiger partial charge in [-0.2, -0.15) is 4.98 Å². The number of rotatable bonds is 4. The molecule has 1 saturated heterocycles. The molecule has 1 aliphatic heterocycles. The van der Waals surface area contributed by atoms with E-state index >= 15 is 0 Å². The van der Waals surface area contributed by atoms with E-state index in [4.69, 9.17) is 20.9 Å². The van der Waals surface area contributed by atoms with Gasteiger partial charge >= 0.3 is 0 Å². The molecule has 2 aromatic rings. The van der Waals surface area contributed by atoms with Crippen LogP contribution >= 0.6 is 11.6 Å². The van der Waals surface area contributed by atoms with Crippen LogP contribution in [0.4, 0.5) is 0 Å². The lowest BCUT2D eigenvalue weighted by Gasteiger charge is -2.20. The zero-order chi connectivity index (χ0) is 15.0. The third kappa shape index (κ3) is 2.81. The second-order valence-electron chi connectivity index (χ2n) is 5.27. The summed E-state index contributed by atoms with van der Waals surface area (Å²) in [4.78, 5) is 10.9. The molecule has 3 heterocycles. The van der Waals surface area contributed by atoms with Crippen LogP contribution in [0.2, 0.25) is 5.15 Å². The molecule has 21 heavy (non-hydrogen) atoms. The molecule has 0 aliphatic carbocycles. The fourth-order valence-electron chi connectivity index (χ4n) is 2.67. The molecule has 114 valence electrons. The highest BCUT2D eigenvalue weighted by Crippen LogP contribution is 2.33. The lowest BCUT2D eigenvalue weighted by atomic mass is 10.2. The summed E-state index contributed by atoms with van der Waals surface area (Å²) < 4.78 is 12.7. The van der Waals surface area contributed by atoms with Crippen LogP contribution in [0, 0.1) is 6.92 Å². The van der Waals surface area contributed by atoms with E-state index in [1.165, 1.54) is 0 Å². The average Bonchev–Trinajstić information content (AvgIpc) is 3.14. The van der Waals surface area contributed by atoms with Crippen LogP contribution in [0.1, 0.15) is 30.0 Å². The number of imidazole rings is 1. The van der Waals surface area contributed by atoms with Crippen LogP contribution in [-0.2, 0) is 18.3 Å². The highest BCUT2D eigenvalue weighted by molar-refractivity contribution is 6.29. The number of aryl methyl sites for hydroxylation is 1. The molecule has 2 aromatic heterocycles. The van der Waals surface area contributed by atoms with Crippen molar-refractivity contribution in [1.29, 1.82) is 0 Å². The minimum Gasteiger partial charge on any atom is -0.380 e. The summed E-state index contributed by atoms with van der Waals surface area (Å²) in [6.07, 6.45) is 2.64. The van der Waals surface area contributed by atoms with E-state index in [0.717, 1.165) is 18.8 Å². The number of likely N-dealkylation sites (tertiary alicyclic amines) is 1. The Bertz CT molecular complexity index is 626. The molecule has 0 amide bonds. The van der Waals surface area contributed by atoms with Gasteiger partial charge in [-0.25, -0.2) is 4.98 Å². The van der Waals surface area contributed by atoms with Crippen molar-refractivity contribution < 1.29 is 9.26 Å². The van der Waals surface area contributed by atoms with Gasteiger partial charge in [-0.05, 0) is 13.3 Å². The molecule has 8 heteroatoms. The molecule has 0 radical (unpaired) electrons. The minimum atomic E-state index is 0.0478. The van der Waals surface area contributed by atoms with E-state index in [1.54, 1.807) is 13.3 Å². The highest BCUT2D eigenvalue weighted by Gasteiger charge is 2.37. The number of hydrogen-bond acceptors (Lipinski definition) is 6. The van der Waals surface area contributed by atoms with Crippen molar-refractivity contribution in [1.82, 2.24) is 24.6 Å². The molecule has 0 N–H and O–H groups in total. The Morgan fingerprint density at radius 3 is 2.90 bits per heavy atom. The van der Waals surface area contributed by atoms with Gasteiger partial charge in [0.25, 0.3) is 0 Å². The first-order valence-electron chi connectivity index (χ1n) is 6.81. The molecule has 2 atom stereocenters. The second kappa shape index (κ2) is 5.75. The predicted molar refractivity (Wildman–Crippen MR) is 75.8 cm³/mol. The van der Waals surface area contributed by atoms with Gasteiger partial charge in [0.15, 0.2) is 5.82 Å². The normalized spacial score (nSPS) is 23.0. The summed E-state index contributed by atoms with van der Waals surface area (Å²) in [7, 11) is 3.63. The van der Waals surface area contributed by atoms with E-state index in [2.05, 4.69) is 20.0 Å². The van der Waals surface area contributed by atoms with E-state index in [-0.39, 0.29) is 12.1 Å². The Morgan fingerprint density at radius 2 is 2.33 bits per heavy atom. The molecule has 7 nitrogen and oxygen atoms in total. The monoisotopic (exact) mass is 311 g/mol. The van der Waals surface area contributed by atoms with Gasteiger partial charge in [0.05, 0.1) is 24.9 Å². The smallest absolute Gasteiger partial charge is 0.244 e. The molecule has 0 spiro atoms. The maximum Gasteiger partial charge on any atom is 0.244 e. The van der Waals surface area contributed by atoms with E-state index in [1.807, 2.05) is 18.5 Å². The van der Waals surface area contributed by atoms with Crippen molar-refractivity contribution in [3.63, 3.8) is 0 Å². The van der Waals surface area contributed by atoms with Gasteiger partial charge in [0.2, 0.25) is 5.89 Å². The molecule has 0 aromatic carbocycles. The Morgan fingerprint density at radius 1 is 1.52 bits per heavy atom. The van der Waals surface area contributed by atoms with Gasteiger partial charge in [0.1, 0.15) is 11.0 Å². The lowest BCUT2D eigenvalue weighted by Crippen LogP contribution is -2.26. The van der Waals surface area contributed by atoms with Crippen LogP contribution in [0.15, 0.2) is 10.7 Å². The van der Waals surface area contributed by atoms with E-state index < -0.39 is 0 Å². The first kappa shape index (κ1) is 14.5. The van der Waals surface area contributed by atoms with Crippen LogP contribution < -0.4 is 0 Å². The summed E-state index contributed by atoms with van der Waals surface area (Å²) in [5.74, 6) is 2.18. The van der Waals surface area contributed by atoms with Gasteiger partial charge in [0, 0.05) is 20.7 Å². The quantitative estimate of drug-likeness (QED) is 0.856. The lowest BCUT2D eigenvalue weighted by molar-refractivity contribution is 0.106. The van der Waals surface area contributed by atoms with Gasteiger partial charge in [-0.15, -0.1) is 0 Å². The minimum absolute atomic E-state index is 0.0478. The van der Waals surface area contributed by atoms with Gasteiger partial charge in [-0.3, -0.25) is 4.90 Å². The Balaban J connectivity index is 1.82. The SMILES string of the molecule is CO[C@@H]1C[C@H](c2nc(C)no2)N(Cc2ncc(Cl)n2C)C1. The van der Waals surface area contributed by atoms with E-state index in [9.17, 15) is 0 Å². The van der Waals surface area contributed by atoms with Gasteiger partial charge in [-0.1, -0.05) is 16.8 Å². The fourth-order valence-corrected chi connectivity index (χ4v) is 2.81. The maximum absolute atomic E-state index is 6.04. The van der Waals surface area contributed by atoms with Gasteiger partial charge < -0.3 is 13.8 Å². The Hall–Kier alpha value is -1.44. The fraction of sp³-hybridized carbons (Fsp3) is 0.615. The summed E-state index contributed by atoms with van der Waals surface area (Å²) >= 11 is 6.04. The molecular formula is C13H18ClN5O2. The number of aromatic nitrogens is 4. The van der Waals surface area contributed by atoms with Crippen LogP contribution in [-0.4, -0.2) is 44.4 Å². The van der Waals surface area contributed by atoms with Crippen molar-refractivity contribution in [3.8, 4) is 0 Å². The predicted octanol–water partition coefficient (Wildman–Crippen LogP) is 1.73. The molecule has 1 aliphatic rings. The summed E-state index contributed by atoms with van der Waals surface area (Å²) in [5, 5.41) is 4.50.